The average Bonchev–Trinajstić information content (AvgIpc) is 3.29. The molecule has 0 spiro atoms. The van der Waals surface area contributed by atoms with Crippen molar-refractivity contribution >= 4 is 40.0 Å². The van der Waals surface area contributed by atoms with Gasteiger partial charge in [0, 0.05) is 26.2 Å². The third-order valence-corrected chi connectivity index (χ3v) is 6.42. The summed E-state index contributed by atoms with van der Waals surface area (Å²) in [7, 11) is 3.36. The molecule has 1 aromatic carbocycles. The van der Waals surface area contributed by atoms with E-state index in [4.69, 9.17) is 0 Å². The number of amides is 2. The first-order chi connectivity index (χ1) is 14.8. The highest BCUT2D eigenvalue weighted by atomic mass is 32.2. The molecule has 2 aromatic heterocycles. The molecule has 162 valence electrons. The Morgan fingerprint density at radius 1 is 1.26 bits per heavy atom. The molecule has 0 aliphatic heterocycles. The molecule has 8 nitrogen and oxygen atoms in total. The Bertz CT molecular complexity index is 1120. The van der Waals surface area contributed by atoms with Crippen LogP contribution in [0.15, 0.2) is 42.1 Å². The van der Waals surface area contributed by atoms with Crippen molar-refractivity contribution in [3.8, 4) is 11.4 Å². The molecule has 0 bridgehead atoms. The van der Waals surface area contributed by atoms with Crippen LogP contribution in [0.3, 0.4) is 0 Å². The maximum absolute atomic E-state index is 12.5. The van der Waals surface area contributed by atoms with Gasteiger partial charge in [-0.15, -0.1) is 16.8 Å². The summed E-state index contributed by atoms with van der Waals surface area (Å²) in [5.74, 6) is 0.515. The summed E-state index contributed by atoms with van der Waals surface area (Å²) in [5.41, 5.74) is 2.68. The zero-order valence-corrected chi connectivity index (χ0v) is 19.5. The van der Waals surface area contributed by atoms with Gasteiger partial charge in [-0.1, -0.05) is 53.4 Å². The number of rotatable bonds is 8. The SMILES string of the molecule is C=CCn1c(SCC(=O)Nc2nc(C)c(C(=O)N(C)C)s2)nnc1-c1ccccc1C. The van der Waals surface area contributed by atoms with Crippen LogP contribution in [0.4, 0.5) is 5.13 Å². The van der Waals surface area contributed by atoms with Gasteiger partial charge >= 0.3 is 0 Å². The van der Waals surface area contributed by atoms with Crippen LogP contribution >= 0.6 is 23.1 Å². The molecular formula is C21H24N6O2S2. The van der Waals surface area contributed by atoms with Gasteiger partial charge in [-0.2, -0.15) is 0 Å². The number of hydrogen-bond acceptors (Lipinski definition) is 7. The molecule has 0 aliphatic carbocycles. The van der Waals surface area contributed by atoms with Crippen LogP contribution in [-0.2, 0) is 11.3 Å². The fourth-order valence-corrected chi connectivity index (χ4v) is 4.60. The third kappa shape index (κ3) is 5.20. The molecule has 0 saturated heterocycles. The van der Waals surface area contributed by atoms with E-state index in [0.29, 0.717) is 27.4 Å². The number of carbonyl (C=O) groups excluding carboxylic acids is 2. The second kappa shape index (κ2) is 9.88. The summed E-state index contributed by atoms with van der Waals surface area (Å²) in [4.78, 5) is 30.9. The minimum Gasteiger partial charge on any atom is -0.344 e. The first-order valence-electron chi connectivity index (χ1n) is 9.53. The second-order valence-corrected chi connectivity index (χ2v) is 8.93. The van der Waals surface area contributed by atoms with Crippen LogP contribution in [0, 0.1) is 13.8 Å². The highest BCUT2D eigenvalue weighted by Gasteiger charge is 2.19. The largest absolute Gasteiger partial charge is 0.344 e. The fraction of sp³-hybridized carbons (Fsp3) is 0.286. The van der Waals surface area contributed by atoms with Gasteiger partial charge in [0.15, 0.2) is 16.1 Å². The second-order valence-electron chi connectivity index (χ2n) is 6.99. The van der Waals surface area contributed by atoms with Crippen LogP contribution in [0.25, 0.3) is 11.4 Å². The van der Waals surface area contributed by atoms with E-state index < -0.39 is 0 Å². The number of benzene rings is 1. The van der Waals surface area contributed by atoms with Crippen LogP contribution in [0.5, 0.6) is 0 Å². The highest BCUT2D eigenvalue weighted by Crippen LogP contribution is 2.27. The monoisotopic (exact) mass is 456 g/mol. The fourth-order valence-electron chi connectivity index (χ4n) is 2.85. The molecule has 10 heteroatoms. The summed E-state index contributed by atoms with van der Waals surface area (Å²) in [6, 6.07) is 7.96. The lowest BCUT2D eigenvalue weighted by Gasteiger charge is -2.09. The Hall–Kier alpha value is -2.98. The van der Waals surface area contributed by atoms with E-state index in [9.17, 15) is 9.59 Å². The Morgan fingerprint density at radius 2 is 2.00 bits per heavy atom. The summed E-state index contributed by atoms with van der Waals surface area (Å²) >= 11 is 2.46. The number of hydrogen-bond donors (Lipinski definition) is 1. The van der Waals surface area contributed by atoms with E-state index in [-0.39, 0.29) is 17.6 Å². The van der Waals surface area contributed by atoms with Crippen molar-refractivity contribution < 1.29 is 9.59 Å². The number of nitrogens with one attached hydrogen (secondary N) is 1. The van der Waals surface area contributed by atoms with Gasteiger partial charge in [-0.3, -0.25) is 14.2 Å². The van der Waals surface area contributed by atoms with Crippen molar-refractivity contribution in [2.45, 2.75) is 25.5 Å². The summed E-state index contributed by atoms with van der Waals surface area (Å²) < 4.78 is 1.94. The van der Waals surface area contributed by atoms with Crippen molar-refractivity contribution in [2.24, 2.45) is 0 Å². The van der Waals surface area contributed by atoms with Crippen LogP contribution in [0.2, 0.25) is 0 Å². The molecule has 3 rings (SSSR count). The molecule has 1 N–H and O–H groups in total. The van der Waals surface area contributed by atoms with E-state index in [1.807, 2.05) is 35.8 Å². The van der Waals surface area contributed by atoms with Gasteiger partial charge in [-0.05, 0) is 19.4 Å². The van der Waals surface area contributed by atoms with Gasteiger partial charge < -0.3 is 10.2 Å². The average molecular weight is 457 g/mol. The molecule has 0 saturated carbocycles. The van der Waals surface area contributed by atoms with Gasteiger partial charge in [0.25, 0.3) is 5.91 Å². The van der Waals surface area contributed by atoms with Gasteiger partial charge in [0.1, 0.15) is 4.88 Å². The molecule has 2 amide bonds. The van der Waals surface area contributed by atoms with Gasteiger partial charge in [-0.25, -0.2) is 4.98 Å². The highest BCUT2D eigenvalue weighted by molar-refractivity contribution is 7.99. The number of aryl methyl sites for hydroxylation is 2. The van der Waals surface area contributed by atoms with E-state index in [1.54, 1.807) is 27.1 Å². The number of nitrogens with zero attached hydrogens (tertiary/aromatic N) is 5. The third-order valence-electron chi connectivity index (χ3n) is 4.39. The molecule has 31 heavy (non-hydrogen) atoms. The lowest BCUT2D eigenvalue weighted by Crippen LogP contribution is -2.21. The number of allylic oxidation sites excluding steroid dienone is 1. The van der Waals surface area contributed by atoms with Gasteiger partial charge in [0.2, 0.25) is 5.91 Å². The van der Waals surface area contributed by atoms with E-state index >= 15 is 0 Å². The number of carbonyl (C=O) groups is 2. The van der Waals surface area contributed by atoms with Crippen molar-refractivity contribution in [2.75, 3.05) is 25.2 Å². The molecule has 3 aromatic rings. The number of thioether (sulfide) groups is 1. The van der Waals surface area contributed by atoms with Crippen LogP contribution in [0.1, 0.15) is 20.9 Å². The van der Waals surface area contributed by atoms with Crippen molar-refractivity contribution in [1.29, 1.82) is 0 Å². The zero-order valence-electron chi connectivity index (χ0n) is 17.9. The molecule has 0 aliphatic rings. The number of anilines is 1. The molecule has 0 fully saturated rings. The lowest BCUT2D eigenvalue weighted by atomic mass is 10.1. The Morgan fingerprint density at radius 3 is 2.68 bits per heavy atom. The summed E-state index contributed by atoms with van der Waals surface area (Å²) in [5, 5.41) is 12.4. The van der Waals surface area contributed by atoms with Crippen molar-refractivity contribution in [3.05, 3.63) is 53.1 Å². The lowest BCUT2D eigenvalue weighted by molar-refractivity contribution is -0.113. The van der Waals surface area contributed by atoms with Crippen LogP contribution < -0.4 is 5.32 Å². The Labute approximate surface area is 189 Å². The standard InChI is InChI=1S/C21H24N6O2S2/c1-6-11-27-18(15-10-8-7-9-13(15)2)24-25-21(27)30-12-16(28)23-20-22-14(3)17(31-20)19(29)26(4)5/h6-10H,1,11-12H2,2-5H3,(H,22,23,28). The first-order valence-corrected chi connectivity index (χ1v) is 11.3. The van der Waals surface area contributed by atoms with Crippen molar-refractivity contribution in [1.82, 2.24) is 24.6 Å². The minimum absolute atomic E-state index is 0.133. The van der Waals surface area contributed by atoms with Crippen molar-refractivity contribution in [3.63, 3.8) is 0 Å². The quantitative estimate of drug-likeness (QED) is 0.411. The maximum Gasteiger partial charge on any atom is 0.265 e. The van der Waals surface area contributed by atoms with Crippen LogP contribution in [-0.4, -0.2) is 56.3 Å². The number of thiazole rings is 1. The molecular weight excluding hydrogens is 432 g/mol. The van der Waals surface area contributed by atoms with E-state index in [2.05, 4.69) is 27.1 Å². The summed E-state index contributed by atoms with van der Waals surface area (Å²) in [6.07, 6.45) is 1.77. The Kier molecular flexibility index (Phi) is 7.24. The predicted octanol–water partition coefficient (Wildman–Crippen LogP) is 3.64. The predicted molar refractivity (Wildman–Crippen MR) is 125 cm³/mol. The smallest absolute Gasteiger partial charge is 0.265 e. The maximum atomic E-state index is 12.5. The first kappa shape index (κ1) is 22.7. The molecule has 0 unspecified atom stereocenters. The summed E-state index contributed by atoms with van der Waals surface area (Å²) in [6.45, 7) is 8.12. The number of aromatic nitrogens is 4. The zero-order chi connectivity index (χ0) is 22.5. The Balaban J connectivity index is 1.71. The van der Waals surface area contributed by atoms with E-state index in [0.717, 1.165) is 17.0 Å². The molecule has 2 heterocycles. The van der Waals surface area contributed by atoms with E-state index in [1.165, 1.54) is 28.0 Å². The minimum atomic E-state index is -0.229. The molecule has 0 radical (unpaired) electrons. The molecule has 0 atom stereocenters. The normalized spacial score (nSPS) is 10.7. The topological polar surface area (TPSA) is 93.0 Å². The van der Waals surface area contributed by atoms with Gasteiger partial charge in [0.05, 0.1) is 11.4 Å².